The lowest BCUT2D eigenvalue weighted by molar-refractivity contribution is 0.0694. The first-order chi connectivity index (χ1) is 8.16. The van der Waals surface area contributed by atoms with Crippen LogP contribution in [0.4, 0.5) is 0 Å². The standard InChI is InChI=1S/C11H10ClNO3S/c12-10-2-1-7(17-10)5-13-6-9-8(11(14)15)3-4-16-9/h1-4,13H,5-6H2,(H,14,15). The van der Waals surface area contributed by atoms with E-state index < -0.39 is 5.97 Å². The number of rotatable bonds is 5. The predicted octanol–water partition coefficient (Wildman–Crippen LogP) is 2.98. The summed E-state index contributed by atoms with van der Waals surface area (Å²) >= 11 is 7.29. The van der Waals surface area contributed by atoms with Gasteiger partial charge in [0.1, 0.15) is 11.3 Å². The molecular formula is C11H10ClNO3S. The van der Waals surface area contributed by atoms with Crippen LogP contribution in [0.15, 0.2) is 28.9 Å². The van der Waals surface area contributed by atoms with E-state index >= 15 is 0 Å². The maximum atomic E-state index is 10.8. The highest BCUT2D eigenvalue weighted by molar-refractivity contribution is 7.16. The van der Waals surface area contributed by atoms with Crippen molar-refractivity contribution in [1.82, 2.24) is 5.32 Å². The van der Waals surface area contributed by atoms with Crippen LogP contribution in [0.25, 0.3) is 0 Å². The average molecular weight is 272 g/mol. The first-order valence-electron chi connectivity index (χ1n) is 4.91. The zero-order valence-corrected chi connectivity index (χ0v) is 10.3. The molecule has 2 aromatic rings. The SMILES string of the molecule is O=C(O)c1ccoc1CNCc1ccc(Cl)s1. The van der Waals surface area contributed by atoms with E-state index in [0.29, 0.717) is 18.8 Å². The van der Waals surface area contributed by atoms with Gasteiger partial charge in [0.2, 0.25) is 0 Å². The number of hydrogen-bond donors (Lipinski definition) is 2. The summed E-state index contributed by atoms with van der Waals surface area (Å²) in [5.41, 5.74) is 0.196. The van der Waals surface area contributed by atoms with Gasteiger partial charge in [-0.25, -0.2) is 4.79 Å². The van der Waals surface area contributed by atoms with Gasteiger partial charge in [-0.1, -0.05) is 11.6 Å². The Hall–Kier alpha value is -1.30. The molecule has 90 valence electrons. The van der Waals surface area contributed by atoms with Gasteiger partial charge in [-0.3, -0.25) is 0 Å². The number of carboxylic acid groups (broad SMARTS) is 1. The van der Waals surface area contributed by atoms with Crippen LogP contribution >= 0.6 is 22.9 Å². The quantitative estimate of drug-likeness (QED) is 0.878. The molecule has 0 atom stereocenters. The van der Waals surface area contributed by atoms with Crippen molar-refractivity contribution in [2.45, 2.75) is 13.1 Å². The number of nitrogens with one attached hydrogen (secondary N) is 1. The van der Waals surface area contributed by atoms with E-state index in [1.807, 2.05) is 12.1 Å². The summed E-state index contributed by atoms with van der Waals surface area (Å²) in [6, 6.07) is 5.21. The fourth-order valence-electron chi connectivity index (χ4n) is 1.41. The lowest BCUT2D eigenvalue weighted by Gasteiger charge is -2.01. The molecule has 2 rings (SSSR count). The van der Waals surface area contributed by atoms with Gasteiger partial charge in [0.05, 0.1) is 17.1 Å². The molecule has 0 saturated carbocycles. The van der Waals surface area contributed by atoms with Crippen molar-refractivity contribution in [2.24, 2.45) is 0 Å². The van der Waals surface area contributed by atoms with Crippen LogP contribution in [-0.4, -0.2) is 11.1 Å². The smallest absolute Gasteiger partial charge is 0.339 e. The van der Waals surface area contributed by atoms with Crippen molar-refractivity contribution in [3.05, 3.63) is 45.0 Å². The van der Waals surface area contributed by atoms with Crippen LogP contribution in [0.3, 0.4) is 0 Å². The fraction of sp³-hybridized carbons (Fsp3) is 0.182. The molecule has 4 nitrogen and oxygen atoms in total. The van der Waals surface area contributed by atoms with Gasteiger partial charge < -0.3 is 14.8 Å². The number of furan rings is 1. The maximum Gasteiger partial charge on any atom is 0.339 e. The summed E-state index contributed by atoms with van der Waals surface area (Å²) in [5, 5.41) is 12.0. The Labute approximate surface area is 107 Å². The lowest BCUT2D eigenvalue weighted by Crippen LogP contribution is -2.13. The number of halogens is 1. The Bertz CT molecular complexity index is 520. The maximum absolute atomic E-state index is 10.8. The Balaban J connectivity index is 1.90. The third-order valence-electron chi connectivity index (χ3n) is 2.19. The second-order valence-corrected chi connectivity index (χ2v) is 5.17. The van der Waals surface area contributed by atoms with Gasteiger partial charge in [0, 0.05) is 11.4 Å². The van der Waals surface area contributed by atoms with Gasteiger partial charge in [-0.2, -0.15) is 0 Å². The molecule has 0 aliphatic rings. The molecule has 0 aliphatic carbocycles. The average Bonchev–Trinajstić information content (AvgIpc) is 2.87. The molecule has 17 heavy (non-hydrogen) atoms. The van der Waals surface area contributed by atoms with Crippen LogP contribution in [-0.2, 0) is 13.1 Å². The Morgan fingerprint density at radius 2 is 2.24 bits per heavy atom. The van der Waals surface area contributed by atoms with Gasteiger partial charge in [-0.05, 0) is 18.2 Å². The zero-order chi connectivity index (χ0) is 12.3. The minimum atomic E-state index is -0.977. The van der Waals surface area contributed by atoms with E-state index in [0.717, 1.165) is 9.21 Å². The molecule has 0 radical (unpaired) electrons. The van der Waals surface area contributed by atoms with Gasteiger partial charge in [-0.15, -0.1) is 11.3 Å². The molecule has 0 spiro atoms. The van der Waals surface area contributed by atoms with Crippen molar-refractivity contribution in [1.29, 1.82) is 0 Å². The Morgan fingerprint density at radius 3 is 2.88 bits per heavy atom. The largest absolute Gasteiger partial charge is 0.478 e. The first-order valence-corrected chi connectivity index (χ1v) is 6.11. The second-order valence-electron chi connectivity index (χ2n) is 3.37. The monoisotopic (exact) mass is 271 g/mol. The molecule has 0 fully saturated rings. The minimum absolute atomic E-state index is 0.196. The van der Waals surface area contributed by atoms with Gasteiger partial charge in [0.25, 0.3) is 0 Å². The van der Waals surface area contributed by atoms with Crippen LogP contribution in [0, 0.1) is 0 Å². The summed E-state index contributed by atoms with van der Waals surface area (Å²) in [5.74, 6) is -0.546. The van der Waals surface area contributed by atoms with Crippen molar-refractivity contribution in [3.63, 3.8) is 0 Å². The highest BCUT2D eigenvalue weighted by atomic mass is 35.5. The molecular weight excluding hydrogens is 262 g/mol. The van der Waals surface area contributed by atoms with Crippen molar-refractivity contribution in [2.75, 3.05) is 0 Å². The second kappa shape index (κ2) is 5.35. The predicted molar refractivity (Wildman–Crippen MR) is 65.5 cm³/mol. The molecule has 2 heterocycles. The van der Waals surface area contributed by atoms with Crippen LogP contribution in [0.1, 0.15) is 21.0 Å². The van der Waals surface area contributed by atoms with E-state index in [1.54, 1.807) is 0 Å². The Morgan fingerprint density at radius 1 is 1.41 bits per heavy atom. The number of carboxylic acids is 1. The number of carbonyl (C=O) groups is 1. The topological polar surface area (TPSA) is 62.5 Å². The molecule has 0 saturated heterocycles. The third kappa shape index (κ3) is 3.09. The summed E-state index contributed by atoms with van der Waals surface area (Å²) in [7, 11) is 0. The summed E-state index contributed by atoms with van der Waals surface area (Å²) in [6.07, 6.45) is 1.38. The van der Waals surface area contributed by atoms with Gasteiger partial charge >= 0.3 is 5.97 Å². The molecule has 0 amide bonds. The van der Waals surface area contributed by atoms with Crippen LogP contribution in [0.2, 0.25) is 4.34 Å². The van der Waals surface area contributed by atoms with Crippen molar-refractivity contribution in [3.8, 4) is 0 Å². The van der Waals surface area contributed by atoms with Crippen molar-refractivity contribution < 1.29 is 14.3 Å². The Kier molecular flexibility index (Phi) is 3.83. The van der Waals surface area contributed by atoms with E-state index in [9.17, 15) is 4.79 Å². The lowest BCUT2D eigenvalue weighted by atomic mass is 10.2. The number of hydrogen-bond acceptors (Lipinski definition) is 4. The number of thiophene rings is 1. The molecule has 2 N–H and O–H groups in total. The highest BCUT2D eigenvalue weighted by Gasteiger charge is 2.12. The summed E-state index contributed by atoms with van der Waals surface area (Å²) in [4.78, 5) is 11.9. The summed E-state index contributed by atoms with van der Waals surface area (Å²) in [6.45, 7) is 1.02. The molecule has 0 bridgehead atoms. The highest BCUT2D eigenvalue weighted by Crippen LogP contribution is 2.21. The minimum Gasteiger partial charge on any atom is -0.478 e. The van der Waals surface area contributed by atoms with E-state index in [2.05, 4.69) is 5.32 Å². The molecule has 6 heteroatoms. The number of aromatic carboxylic acids is 1. The van der Waals surface area contributed by atoms with E-state index in [-0.39, 0.29) is 5.56 Å². The zero-order valence-electron chi connectivity index (χ0n) is 8.77. The molecule has 0 aliphatic heterocycles. The van der Waals surface area contributed by atoms with Crippen LogP contribution in [0.5, 0.6) is 0 Å². The van der Waals surface area contributed by atoms with E-state index in [1.165, 1.54) is 23.7 Å². The normalized spacial score (nSPS) is 10.6. The molecule has 0 unspecified atom stereocenters. The van der Waals surface area contributed by atoms with E-state index in [4.69, 9.17) is 21.1 Å². The third-order valence-corrected chi connectivity index (χ3v) is 3.42. The van der Waals surface area contributed by atoms with Gasteiger partial charge in [0.15, 0.2) is 0 Å². The summed E-state index contributed by atoms with van der Waals surface area (Å²) < 4.78 is 5.84. The fourth-order valence-corrected chi connectivity index (χ4v) is 2.47. The first kappa shape index (κ1) is 12.2. The van der Waals surface area contributed by atoms with Crippen LogP contribution < -0.4 is 5.32 Å². The molecule has 0 aromatic carbocycles. The van der Waals surface area contributed by atoms with Crippen molar-refractivity contribution >= 4 is 28.9 Å². The molecule has 2 aromatic heterocycles.